The quantitative estimate of drug-likeness (QED) is 0.781. The normalized spacial score (nSPS) is 24.5. The topological polar surface area (TPSA) is 15.3 Å². The van der Waals surface area contributed by atoms with Gasteiger partial charge < -0.3 is 5.32 Å². The molecule has 88 valence electrons. The second-order valence-electron chi connectivity index (χ2n) is 4.47. The van der Waals surface area contributed by atoms with Gasteiger partial charge in [0.25, 0.3) is 0 Å². The zero-order valence-electron chi connectivity index (χ0n) is 9.93. The summed E-state index contributed by atoms with van der Waals surface area (Å²) in [4.78, 5) is 2.58. The molecule has 0 aliphatic carbocycles. The number of piperidine rings is 1. The van der Waals surface area contributed by atoms with Crippen molar-refractivity contribution in [3.63, 3.8) is 0 Å². The minimum atomic E-state index is 0.748. The third-order valence-electron chi connectivity index (χ3n) is 3.12. The zero-order chi connectivity index (χ0) is 11.1. The van der Waals surface area contributed by atoms with Gasteiger partial charge in [-0.15, -0.1) is 0 Å². The molecule has 1 aliphatic heterocycles. The van der Waals surface area contributed by atoms with E-state index in [9.17, 15) is 0 Å². The van der Waals surface area contributed by atoms with Gasteiger partial charge in [0.05, 0.1) is 0 Å². The molecule has 3 heteroatoms. The number of nitrogens with one attached hydrogen (secondary N) is 1. The van der Waals surface area contributed by atoms with E-state index in [0.29, 0.717) is 0 Å². The van der Waals surface area contributed by atoms with E-state index >= 15 is 0 Å². The van der Waals surface area contributed by atoms with Crippen LogP contribution in [-0.2, 0) is 0 Å². The van der Waals surface area contributed by atoms with Crippen LogP contribution < -0.4 is 5.32 Å². The third kappa shape index (κ3) is 4.54. The van der Waals surface area contributed by atoms with Crippen LogP contribution in [0.3, 0.4) is 0 Å². The molecule has 0 aromatic rings. The lowest BCUT2D eigenvalue weighted by atomic mass is 9.99. The van der Waals surface area contributed by atoms with Crippen molar-refractivity contribution in [2.75, 3.05) is 26.7 Å². The summed E-state index contributed by atoms with van der Waals surface area (Å²) in [6.07, 6.45) is 5.32. The average Bonchev–Trinajstić information content (AvgIpc) is 2.28. The molecule has 1 saturated heterocycles. The summed E-state index contributed by atoms with van der Waals surface area (Å²) in [5.74, 6) is 0. The Labute approximate surface area is 98.7 Å². The molecule has 1 heterocycles. The van der Waals surface area contributed by atoms with Gasteiger partial charge in [0.2, 0.25) is 0 Å². The molecule has 0 radical (unpaired) electrons. The van der Waals surface area contributed by atoms with Crippen LogP contribution >= 0.6 is 11.6 Å². The Bertz CT molecular complexity index is 204. The van der Waals surface area contributed by atoms with Crippen LogP contribution in [-0.4, -0.2) is 37.6 Å². The van der Waals surface area contributed by atoms with Gasteiger partial charge in [-0.2, -0.15) is 0 Å². The molecule has 0 aromatic heterocycles. The Morgan fingerprint density at radius 1 is 1.53 bits per heavy atom. The van der Waals surface area contributed by atoms with Crippen LogP contribution in [0.2, 0.25) is 0 Å². The highest BCUT2D eigenvalue weighted by Crippen LogP contribution is 2.20. The third-order valence-corrected chi connectivity index (χ3v) is 3.49. The second kappa shape index (κ2) is 7.26. The van der Waals surface area contributed by atoms with Crippen molar-refractivity contribution in [1.29, 1.82) is 0 Å². The first kappa shape index (κ1) is 13.0. The van der Waals surface area contributed by atoms with Crippen molar-refractivity contribution in [1.82, 2.24) is 10.2 Å². The fourth-order valence-corrected chi connectivity index (χ4v) is 2.33. The van der Waals surface area contributed by atoms with Gasteiger partial charge in [0.1, 0.15) is 0 Å². The van der Waals surface area contributed by atoms with Crippen LogP contribution in [0.15, 0.2) is 11.1 Å². The molecule has 0 aromatic carbocycles. The fraction of sp³-hybridized carbons (Fsp3) is 0.833. The van der Waals surface area contributed by atoms with Gasteiger partial charge in [0, 0.05) is 18.1 Å². The number of likely N-dealkylation sites (tertiary alicyclic amines) is 1. The van der Waals surface area contributed by atoms with E-state index in [0.717, 1.165) is 19.1 Å². The summed E-state index contributed by atoms with van der Waals surface area (Å²) in [5.41, 5.74) is 2.98. The predicted octanol–water partition coefficient (Wildman–Crippen LogP) is 2.59. The molecular formula is C12H23ClN2. The maximum Gasteiger partial charge on any atom is 0.0204 e. The van der Waals surface area contributed by atoms with Gasteiger partial charge >= 0.3 is 0 Å². The van der Waals surface area contributed by atoms with Crippen molar-refractivity contribution >= 4 is 11.6 Å². The minimum absolute atomic E-state index is 0.748. The highest BCUT2D eigenvalue weighted by atomic mass is 35.5. The highest BCUT2D eigenvalue weighted by Gasteiger charge is 2.21. The van der Waals surface area contributed by atoms with Crippen molar-refractivity contribution in [2.24, 2.45) is 0 Å². The van der Waals surface area contributed by atoms with Crippen molar-refractivity contribution in [3.05, 3.63) is 11.1 Å². The lowest BCUT2D eigenvalue weighted by Crippen LogP contribution is -2.41. The van der Waals surface area contributed by atoms with Gasteiger partial charge in [-0.3, -0.25) is 4.90 Å². The first-order valence-corrected chi connectivity index (χ1v) is 6.36. The molecule has 15 heavy (non-hydrogen) atoms. The maximum atomic E-state index is 5.72. The second-order valence-corrected chi connectivity index (χ2v) is 4.69. The zero-order valence-corrected chi connectivity index (χ0v) is 10.7. The molecule has 0 spiro atoms. The number of hydrogen-bond acceptors (Lipinski definition) is 2. The molecule has 2 nitrogen and oxygen atoms in total. The molecule has 0 amide bonds. The van der Waals surface area contributed by atoms with Gasteiger partial charge in [-0.25, -0.2) is 0 Å². The molecule has 1 atom stereocenters. The number of nitrogens with zero attached hydrogens (tertiary/aromatic N) is 1. The predicted molar refractivity (Wildman–Crippen MR) is 67.4 cm³/mol. The van der Waals surface area contributed by atoms with Crippen LogP contribution in [0.5, 0.6) is 0 Å². The van der Waals surface area contributed by atoms with Crippen LogP contribution in [0.4, 0.5) is 0 Å². The Morgan fingerprint density at radius 3 is 3.00 bits per heavy atom. The number of hydrogen-bond donors (Lipinski definition) is 1. The summed E-state index contributed by atoms with van der Waals surface area (Å²) in [7, 11) is 2.02. The molecule has 1 N–H and O–H groups in total. The summed E-state index contributed by atoms with van der Waals surface area (Å²) < 4.78 is 0. The Morgan fingerprint density at radius 2 is 2.33 bits per heavy atom. The Balaban J connectivity index is 2.42. The van der Waals surface area contributed by atoms with E-state index in [2.05, 4.69) is 17.1 Å². The average molecular weight is 231 g/mol. The lowest BCUT2D eigenvalue weighted by molar-refractivity contribution is 0.153. The lowest BCUT2D eigenvalue weighted by Gasteiger charge is -2.36. The maximum absolute atomic E-state index is 5.72. The molecule has 1 unspecified atom stereocenters. The number of halogens is 1. The van der Waals surface area contributed by atoms with Crippen LogP contribution in [0, 0.1) is 0 Å². The minimum Gasteiger partial charge on any atom is -0.320 e. The summed E-state index contributed by atoms with van der Waals surface area (Å²) >= 11 is 5.72. The van der Waals surface area contributed by atoms with Gasteiger partial charge in [-0.1, -0.05) is 18.0 Å². The molecular weight excluding hydrogens is 208 g/mol. The van der Waals surface area contributed by atoms with E-state index in [1.165, 1.54) is 37.8 Å². The first-order chi connectivity index (χ1) is 7.27. The summed E-state index contributed by atoms with van der Waals surface area (Å²) in [6.45, 7) is 5.50. The smallest absolute Gasteiger partial charge is 0.0204 e. The largest absolute Gasteiger partial charge is 0.320 e. The van der Waals surface area contributed by atoms with E-state index in [-0.39, 0.29) is 0 Å². The van der Waals surface area contributed by atoms with E-state index in [4.69, 9.17) is 11.6 Å². The molecule has 0 bridgehead atoms. The van der Waals surface area contributed by atoms with E-state index in [1.807, 2.05) is 7.05 Å². The Kier molecular flexibility index (Phi) is 6.30. The molecule has 1 aliphatic rings. The van der Waals surface area contributed by atoms with E-state index < -0.39 is 0 Å². The van der Waals surface area contributed by atoms with Gasteiger partial charge in [0.15, 0.2) is 0 Å². The fourth-order valence-electron chi connectivity index (χ4n) is 2.26. The van der Waals surface area contributed by atoms with Crippen LogP contribution in [0.25, 0.3) is 0 Å². The molecule has 1 rings (SSSR count). The standard InChI is InChI=1S/C12H23ClN2/c1-11(9-13)10-15-8-4-3-5-12(15)6-7-14-2/h9,12,14H,3-8,10H2,1-2H3. The first-order valence-electron chi connectivity index (χ1n) is 5.92. The monoisotopic (exact) mass is 230 g/mol. The van der Waals surface area contributed by atoms with Crippen molar-refractivity contribution < 1.29 is 0 Å². The SMILES string of the molecule is CNCCC1CCCCN1CC(C)=CCl. The number of rotatable bonds is 5. The van der Waals surface area contributed by atoms with Crippen LogP contribution in [0.1, 0.15) is 32.6 Å². The molecule has 1 fully saturated rings. The Hall–Kier alpha value is -0.0500. The van der Waals surface area contributed by atoms with Crippen molar-refractivity contribution in [3.8, 4) is 0 Å². The van der Waals surface area contributed by atoms with E-state index in [1.54, 1.807) is 5.54 Å². The highest BCUT2D eigenvalue weighted by molar-refractivity contribution is 6.25. The summed E-state index contributed by atoms with van der Waals surface area (Å²) in [6, 6.07) is 0.748. The van der Waals surface area contributed by atoms with Gasteiger partial charge in [-0.05, 0) is 51.9 Å². The van der Waals surface area contributed by atoms with Crippen molar-refractivity contribution in [2.45, 2.75) is 38.6 Å². The molecule has 0 saturated carbocycles. The summed E-state index contributed by atoms with van der Waals surface area (Å²) in [5, 5.41) is 3.24.